The van der Waals surface area contributed by atoms with Gasteiger partial charge in [0.1, 0.15) is 5.82 Å². The number of hydrogen-bond donors (Lipinski definition) is 2. The third-order valence-electron chi connectivity index (χ3n) is 2.72. The molecule has 0 spiro atoms. The van der Waals surface area contributed by atoms with Crippen LogP contribution in [0.3, 0.4) is 0 Å². The lowest BCUT2D eigenvalue weighted by Crippen LogP contribution is -2.42. The highest BCUT2D eigenvalue weighted by molar-refractivity contribution is 5.77. The molecule has 1 fully saturated rings. The Morgan fingerprint density at radius 3 is 2.83 bits per heavy atom. The second kappa shape index (κ2) is 4.83. The lowest BCUT2D eigenvalue weighted by molar-refractivity contribution is -0.137. The second-order valence-electron chi connectivity index (χ2n) is 4.08. The number of amides is 1. The fourth-order valence-electron chi connectivity index (χ4n) is 1.80. The Hall–Kier alpha value is -1.79. The number of anilines is 1. The normalized spacial score (nSPS) is 20.4. The minimum atomic E-state index is -4.44. The van der Waals surface area contributed by atoms with Crippen molar-refractivity contribution < 1.29 is 18.0 Å². The number of rotatable bonds is 2. The zero-order chi connectivity index (χ0) is 13.2. The smallest absolute Gasteiger partial charge is 0.365 e. The molecule has 18 heavy (non-hydrogen) atoms. The van der Waals surface area contributed by atoms with Crippen LogP contribution in [0, 0.1) is 0 Å². The van der Waals surface area contributed by atoms with Gasteiger partial charge in [0.25, 0.3) is 0 Å². The topological polar surface area (TPSA) is 54.0 Å². The number of aromatic nitrogens is 1. The van der Waals surface area contributed by atoms with Gasteiger partial charge in [-0.3, -0.25) is 4.79 Å². The molecule has 1 aromatic heterocycles. The zero-order valence-electron chi connectivity index (χ0n) is 9.42. The molecule has 1 aliphatic rings. The Bertz CT molecular complexity index is 437. The van der Waals surface area contributed by atoms with Crippen molar-refractivity contribution in [2.24, 2.45) is 0 Å². The van der Waals surface area contributed by atoms with Gasteiger partial charge < -0.3 is 10.6 Å². The van der Waals surface area contributed by atoms with Crippen molar-refractivity contribution in [3.8, 4) is 0 Å². The summed E-state index contributed by atoms with van der Waals surface area (Å²) in [6.07, 6.45) is -2.32. The Kier molecular flexibility index (Phi) is 3.40. The van der Waals surface area contributed by atoms with Gasteiger partial charge in [-0.25, -0.2) is 4.98 Å². The number of halogens is 3. The van der Waals surface area contributed by atoms with E-state index in [0.29, 0.717) is 19.4 Å². The Morgan fingerprint density at radius 1 is 1.44 bits per heavy atom. The van der Waals surface area contributed by atoms with Crippen molar-refractivity contribution in [3.05, 3.63) is 23.9 Å². The molecule has 0 saturated carbocycles. The molecule has 2 N–H and O–H groups in total. The number of alkyl halides is 3. The number of nitrogens with zero attached hydrogens (tertiary/aromatic N) is 1. The largest absolute Gasteiger partial charge is 0.419 e. The van der Waals surface area contributed by atoms with E-state index in [1.807, 2.05) is 0 Å². The van der Waals surface area contributed by atoms with E-state index in [-0.39, 0.29) is 17.8 Å². The highest BCUT2D eigenvalue weighted by Crippen LogP contribution is 2.33. The summed E-state index contributed by atoms with van der Waals surface area (Å²) >= 11 is 0. The highest BCUT2D eigenvalue weighted by atomic mass is 19.4. The molecule has 1 aromatic rings. The Morgan fingerprint density at radius 2 is 2.22 bits per heavy atom. The van der Waals surface area contributed by atoms with E-state index in [2.05, 4.69) is 15.6 Å². The maximum atomic E-state index is 12.7. The van der Waals surface area contributed by atoms with Crippen LogP contribution >= 0.6 is 0 Å². The number of nitrogens with one attached hydrogen (secondary N) is 2. The highest BCUT2D eigenvalue weighted by Gasteiger charge is 2.34. The van der Waals surface area contributed by atoms with Crippen LogP contribution in [0.1, 0.15) is 18.4 Å². The van der Waals surface area contributed by atoms with Crippen LogP contribution in [0.15, 0.2) is 18.3 Å². The predicted octanol–water partition coefficient (Wildman–Crippen LogP) is 1.79. The van der Waals surface area contributed by atoms with Crippen molar-refractivity contribution in [1.29, 1.82) is 0 Å². The molecular formula is C11H12F3N3O. The summed E-state index contributed by atoms with van der Waals surface area (Å²) in [6.45, 7) is 0.312. The number of carbonyl (C=O) groups is 1. The number of piperidine rings is 1. The molecular weight excluding hydrogens is 247 g/mol. The molecule has 1 aliphatic heterocycles. The number of hydrogen-bond acceptors (Lipinski definition) is 3. The van der Waals surface area contributed by atoms with Gasteiger partial charge in [0.15, 0.2) is 0 Å². The summed E-state index contributed by atoms with van der Waals surface area (Å²) in [7, 11) is 0. The van der Waals surface area contributed by atoms with Crippen molar-refractivity contribution >= 4 is 11.7 Å². The van der Waals surface area contributed by atoms with Crippen molar-refractivity contribution in [1.82, 2.24) is 10.3 Å². The zero-order valence-corrected chi connectivity index (χ0v) is 9.42. The van der Waals surface area contributed by atoms with E-state index < -0.39 is 11.7 Å². The quantitative estimate of drug-likeness (QED) is 0.851. The van der Waals surface area contributed by atoms with Crippen LogP contribution < -0.4 is 10.6 Å². The van der Waals surface area contributed by atoms with Gasteiger partial charge in [0.05, 0.1) is 5.56 Å². The molecule has 7 heteroatoms. The number of carbonyl (C=O) groups excluding carboxylic acids is 1. The standard InChI is InChI=1S/C11H12F3N3O/c12-11(13,14)8-2-1-5-15-10(8)17-7-3-4-9(18)16-6-7/h1-2,5,7H,3-4,6H2,(H,15,17)(H,16,18). The molecule has 98 valence electrons. The van der Waals surface area contributed by atoms with Crippen LogP contribution in [0.4, 0.5) is 19.0 Å². The van der Waals surface area contributed by atoms with Crippen molar-refractivity contribution in [2.45, 2.75) is 25.1 Å². The lowest BCUT2D eigenvalue weighted by Gasteiger charge is -2.25. The maximum absolute atomic E-state index is 12.7. The Labute approximate surface area is 102 Å². The lowest BCUT2D eigenvalue weighted by atomic mass is 10.1. The second-order valence-corrected chi connectivity index (χ2v) is 4.08. The first-order valence-corrected chi connectivity index (χ1v) is 5.52. The average molecular weight is 259 g/mol. The first kappa shape index (κ1) is 12.7. The SMILES string of the molecule is O=C1CCC(Nc2ncccc2C(F)(F)F)CN1. The minimum absolute atomic E-state index is 0.0786. The van der Waals surface area contributed by atoms with Crippen LogP contribution in [0.2, 0.25) is 0 Å². The van der Waals surface area contributed by atoms with Gasteiger partial charge >= 0.3 is 6.18 Å². The minimum Gasteiger partial charge on any atom is -0.365 e. The summed E-state index contributed by atoms with van der Waals surface area (Å²) in [4.78, 5) is 14.7. The van der Waals surface area contributed by atoms with E-state index in [1.54, 1.807) is 0 Å². The molecule has 4 nitrogen and oxygen atoms in total. The van der Waals surface area contributed by atoms with Gasteiger partial charge in [-0.15, -0.1) is 0 Å². The van der Waals surface area contributed by atoms with Gasteiger partial charge in [0.2, 0.25) is 5.91 Å². The van der Waals surface area contributed by atoms with E-state index in [4.69, 9.17) is 0 Å². The average Bonchev–Trinajstić information content (AvgIpc) is 2.31. The summed E-state index contributed by atoms with van der Waals surface area (Å²) in [5.74, 6) is -0.267. The van der Waals surface area contributed by atoms with Crippen molar-refractivity contribution in [2.75, 3.05) is 11.9 Å². The first-order valence-electron chi connectivity index (χ1n) is 5.52. The van der Waals surface area contributed by atoms with Gasteiger partial charge in [-0.05, 0) is 18.6 Å². The van der Waals surface area contributed by atoms with Gasteiger partial charge in [-0.2, -0.15) is 13.2 Å². The van der Waals surface area contributed by atoms with Crippen LogP contribution in [-0.4, -0.2) is 23.5 Å². The molecule has 0 aromatic carbocycles. The van der Waals surface area contributed by atoms with Crippen LogP contribution in [0.5, 0.6) is 0 Å². The molecule has 2 rings (SSSR count). The monoisotopic (exact) mass is 259 g/mol. The number of pyridine rings is 1. The van der Waals surface area contributed by atoms with E-state index in [1.165, 1.54) is 12.3 Å². The van der Waals surface area contributed by atoms with Gasteiger partial charge in [0, 0.05) is 25.2 Å². The maximum Gasteiger partial charge on any atom is 0.419 e. The first-order chi connectivity index (χ1) is 8.47. The molecule has 1 amide bonds. The Balaban J connectivity index is 2.12. The van der Waals surface area contributed by atoms with Gasteiger partial charge in [-0.1, -0.05) is 0 Å². The molecule has 1 atom stereocenters. The predicted molar refractivity (Wildman–Crippen MR) is 58.9 cm³/mol. The summed E-state index contributed by atoms with van der Waals surface area (Å²) in [6, 6.07) is 2.01. The van der Waals surface area contributed by atoms with E-state index in [0.717, 1.165) is 6.07 Å². The molecule has 0 aliphatic carbocycles. The summed E-state index contributed by atoms with van der Waals surface area (Å²) in [5.41, 5.74) is -0.790. The fourth-order valence-corrected chi connectivity index (χ4v) is 1.80. The third kappa shape index (κ3) is 2.91. The molecule has 0 radical (unpaired) electrons. The van der Waals surface area contributed by atoms with Crippen LogP contribution in [0.25, 0.3) is 0 Å². The third-order valence-corrected chi connectivity index (χ3v) is 2.72. The molecule has 0 bridgehead atoms. The van der Waals surface area contributed by atoms with Crippen LogP contribution in [-0.2, 0) is 11.0 Å². The van der Waals surface area contributed by atoms with E-state index in [9.17, 15) is 18.0 Å². The molecule has 1 unspecified atom stereocenters. The van der Waals surface area contributed by atoms with E-state index >= 15 is 0 Å². The summed E-state index contributed by atoms with van der Waals surface area (Å²) in [5, 5.41) is 5.33. The van der Waals surface area contributed by atoms with Crippen molar-refractivity contribution in [3.63, 3.8) is 0 Å². The molecule has 2 heterocycles. The fraction of sp³-hybridized carbons (Fsp3) is 0.455. The summed E-state index contributed by atoms with van der Waals surface area (Å²) < 4.78 is 38.1. The molecule has 1 saturated heterocycles.